The Morgan fingerprint density at radius 3 is 2.59 bits per heavy atom. The van der Waals surface area contributed by atoms with Crippen LogP contribution in [-0.2, 0) is 0 Å². The standard InChI is InChI=1S/C14H22ClNS/c1-5-16-13(14(2,3)4)10-17-12-8-6-7-11(15)9-12/h6-9,13,16H,5,10H2,1-4H3. The smallest absolute Gasteiger partial charge is 0.0417 e. The molecular weight excluding hydrogens is 250 g/mol. The summed E-state index contributed by atoms with van der Waals surface area (Å²) in [6, 6.07) is 8.57. The van der Waals surface area contributed by atoms with Gasteiger partial charge in [0.15, 0.2) is 0 Å². The van der Waals surface area contributed by atoms with Gasteiger partial charge in [0.2, 0.25) is 0 Å². The zero-order valence-corrected chi connectivity index (χ0v) is 12.7. The molecule has 3 heteroatoms. The van der Waals surface area contributed by atoms with Crippen molar-refractivity contribution in [3.63, 3.8) is 0 Å². The van der Waals surface area contributed by atoms with Crippen LogP contribution >= 0.6 is 23.4 Å². The van der Waals surface area contributed by atoms with Crippen molar-refractivity contribution < 1.29 is 0 Å². The van der Waals surface area contributed by atoms with Crippen molar-refractivity contribution in [3.05, 3.63) is 29.3 Å². The molecule has 1 atom stereocenters. The number of halogens is 1. The second-order valence-corrected chi connectivity index (χ2v) is 6.77. The lowest BCUT2D eigenvalue weighted by atomic mass is 9.88. The van der Waals surface area contributed by atoms with Gasteiger partial charge in [-0.2, -0.15) is 0 Å². The van der Waals surface area contributed by atoms with Gasteiger partial charge >= 0.3 is 0 Å². The van der Waals surface area contributed by atoms with E-state index in [-0.39, 0.29) is 5.41 Å². The van der Waals surface area contributed by atoms with Crippen molar-refractivity contribution >= 4 is 23.4 Å². The molecular formula is C14H22ClNS. The molecule has 0 radical (unpaired) electrons. The van der Waals surface area contributed by atoms with Gasteiger partial charge in [0.05, 0.1) is 0 Å². The van der Waals surface area contributed by atoms with Gasteiger partial charge in [-0.25, -0.2) is 0 Å². The van der Waals surface area contributed by atoms with E-state index in [0.29, 0.717) is 6.04 Å². The van der Waals surface area contributed by atoms with E-state index in [4.69, 9.17) is 11.6 Å². The van der Waals surface area contributed by atoms with Crippen molar-refractivity contribution in [1.82, 2.24) is 5.32 Å². The van der Waals surface area contributed by atoms with Crippen LogP contribution in [0.15, 0.2) is 29.2 Å². The van der Waals surface area contributed by atoms with Gasteiger partial charge in [0, 0.05) is 21.7 Å². The molecule has 0 aliphatic carbocycles. The first-order valence-electron chi connectivity index (χ1n) is 6.05. The Hall–Kier alpha value is -0.180. The van der Waals surface area contributed by atoms with Gasteiger partial charge in [0.1, 0.15) is 0 Å². The fraction of sp³-hybridized carbons (Fsp3) is 0.571. The Labute approximate surface area is 114 Å². The van der Waals surface area contributed by atoms with E-state index in [1.807, 2.05) is 30.0 Å². The van der Waals surface area contributed by atoms with E-state index in [1.165, 1.54) is 4.90 Å². The second kappa shape index (κ2) is 6.67. The van der Waals surface area contributed by atoms with E-state index in [2.05, 4.69) is 39.1 Å². The molecule has 0 aliphatic heterocycles. The Morgan fingerprint density at radius 2 is 2.06 bits per heavy atom. The van der Waals surface area contributed by atoms with Crippen LogP contribution in [0.2, 0.25) is 5.02 Å². The summed E-state index contributed by atoms with van der Waals surface area (Å²) in [5, 5.41) is 4.36. The summed E-state index contributed by atoms with van der Waals surface area (Å²) >= 11 is 7.84. The largest absolute Gasteiger partial charge is 0.313 e. The summed E-state index contributed by atoms with van der Waals surface area (Å²) < 4.78 is 0. The van der Waals surface area contributed by atoms with Crippen molar-refractivity contribution in [1.29, 1.82) is 0 Å². The maximum atomic E-state index is 5.98. The summed E-state index contributed by atoms with van der Waals surface area (Å²) in [7, 11) is 0. The second-order valence-electron chi connectivity index (χ2n) is 5.24. The highest BCUT2D eigenvalue weighted by Crippen LogP contribution is 2.27. The molecule has 0 heterocycles. The Balaban J connectivity index is 2.58. The fourth-order valence-electron chi connectivity index (χ4n) is 1.60. The molecule has 1 nitrogen and oxygen atoms in total. The van der Waals surface area contributed by atoms with Crippen molar-refractivity contribution in [2.75, 3.05) is 12.3 Å². The average Bonchev–Trinajstić information content (AvgIpc) is 2.22. The first-order valence-corrected chi connectivity index (χ1v) is 7.41. The lowest BCUT2D eigenvalue weighted by Gasteiger charge is -2.31. The minimum atomic E-state index is 0.279. The van der Waals surface area contributed by atoms with Crippen molar-refractivity contribution in [2.24, 2.45) is 5.41 Å². The zero-order valence-electron chi connectivity index (χ0n) is 11.1. The van der Waals surface area contributed by atoms with Crippen LogP contribution in [0.4, 0.5) is 0 Å². The van der Waals surface area contributed by atoms with E-state index in [1.54, 1.807) is 0 Å². The summed E-state index contributed by atoms with van der Waals surface area (Å²) in [6.45, 7) is 10.00. The monoisotopic (exact) mass is 271 g/mol. The van der Waals surface area contributed by atoms with E-state index >= 15 is 0 Å². The summed E-state index contributed by atoms with van der Waals surface area (Å²) in [6.07, 6.45) is 0. The van der Waals surface area contributed by atoms with Crippen LogP contribution in [0.3, 0.4) is 0 Å². The number of benzene rings is 1. The number of nitrogens with one attached hydrogen (secondary N) is 1. The molecule has 1 rings (SSSR count). The van der Waals surface area contributed by atoms with Crippen LogP contribution < -0.4 is 5.32 Å². The fourth-order valence-corrected chi connectivity index (χ4v) is 3.21. The molecule has 0 aliphatic rings. The number of hydrogen-bond acceptors (Lipinski definition) is 2. The topological polar surface area (TPSA) is 12.0 Å². The SMILES string of the molecule is CCNC(CSc1cccc(Cl)c1)C(C)(C)C. The van der Waals surface area contributed by atoms with Gasteiger partial charge in [-0.3, -0.25) is 0 Å². The van der Waals surface area contributed by atoms with Crippen LogP contribution in [0.25, 0.3) is 0 Å². The number of hydrogen-bond donors (Lipinski definition) is 1. The first kappa shape index (κ1) is 14.9. The van der Waals surface area contributed by atoms with Gasteiger partial charge < -0.3 is 5.32 Å². The Kier molecular flexibility index (Phi) is 5.84. The minimum Gasteiger partial charge on any atom is -0.313 e. The van der Waals surface area contributed by atoms with Gasteiger partial charge in [0.25, 0.3) is 0 Å². The predicted octanol–water partition coefficient (Wildman–Crippen LogP) is 4.46. The lowest BCUT2D eigenvalue weighted by Crippen LogP contribution is -2.42. The average molecular weight is 272 g/mol. The maximum Gasteiger partial charge on any atom is 0.0417 e. The van der Waals surface area contributed by atoms with E-state index < -0.39 is 0 Å². The molecule has 0 bridgehead atoms. The third kappa shape index (κ3) is 5.33. The molecule has 17 heavy (non-hydrogen) atoms. The van der Waals surface area contributed by atoms with Crippen molar-refractivity contribution in [2.45, 2.75) is 38.6 Å². The van der Waals surface area contributed by atoms with E-state index in [0.717, 1.165) is 17.3 Å². The van der Waals surface area contributed by atoms with Gasteiger partial charge in [-0.1, -0.05) is 45.4 Å². The zero-order chi connectivity index (χ0) is 12.9. The minimum absolute atomic E-state index is 0.279. The first-order chi connectivity index (χ1) is 7.93. The third-order valence-corrected chi connectivity index (χ3v) is 4.03. The molecule has 0 saturated heterocycles. The van der Waals surface area contributed by atoms with Crippen LogP contribution in [-0.4, -0.2) is 18.3 Å². The normalized spacial score (nSPS) is 13.7. The molecule has 0 spiro atoms. The Bertz CT molecular complexity index is 346. The summed E-state index contributed by atoms with van der Waals surface area (Å²) in [5.41, 5.74) is 0.279. The van der Waals surface area contributed by atoms with Gasteiger partial charge in [-0.15, -0.1) is 11.8 Å². The van der Waals surface area contributed by atoms with Crippen LogP contribution in [0, 0.1) is 5.41 Å². The Morgan fingerprint density at radius 1 is 1.35 bits per heavy atom. The molecule has 1 unspecified atom stereocenters. The molecule has 0 fully saturated rings. The highest BCUT2D eigenvalue weighted by Gasteiger charge is 2.23. The van der Waals surface area contributed by atoms with Gasteiger partial charge in [-0.05, 0) is 30.2 Å². The van der Waals surface area contributed by atoms with Crippen LogP contribution in [0.5, 0.6) is 0 Å². The van der Waals surface area contributed by atoms with Crippen molar-refractivity contribution in [3.8, 4) is 0 Å². The molecule has 1 aromatic rings. The van der Waals surface area contributed by atoms with Crippen LogP contribution in [0.1, 0.15) is 27.7 Å². The highest BCUT2D eigenvalue weighted by atomic mass is 35.5. The molecule has 1 aromatic carbocycles. The lowest BCUT2D eigenvalue weighted by molar-refractivity contribution is 0.295. The maximum absolute atomic E-state index is 5.98. The highest BCUT2D eigenvalue weighted by molar-refractivity contribution is 7.99. The number of rotatable bonds is 5. The molecule has 96 valence electrons. The molecule has 1 N–H and O–H groups in total. The predicted molar refractivity (Wildman–Crippen MR) is 79.1 cm³/mol. The third-order valence-electron chi connectivity index (χ3n) is 2.71. The molecule has 0 aromatic heterocycles. The molecule has 0 amide bonds. The number of thioether (sulfide) groups is 1. The quantitative estimate of drug-likeness (QED) is 0.794. The van der Waals surface area contributed by atoms with E-state index in [9.17, 15) is 0 Å². The molecule has 0 saturated carbocycles. The summed E-state index contributed by atoms with van der Waals surface area (Å²) in [4.78, 5) is 1.24. The summed E-state index contributed by atoms with van der Waals surface area (Å²) in [5.74, 6) is 1.07.